The highest BCUT2D eigenvalue weighted by Gasteiger charge is 2.20. The summed E-state index contributed by atoms with van der Waals surface area (Å²) in [6.45, 7) is 1.66. The van der Waals surface area contributed by atoms with Gasteiger partial charge in [-0.3, -0.25) is 10.1 Å². The van der Waals surface area contributed by atoms with Crippen molar-refractivity contribution in [3.05, 3.63) is 33.9 Å². The number of rotatable bonds is 7. The van der Waals surface area contributed by atoms with Gasteiger partial charge in [-0.05, 0) is 39.2 Å². The Bertz CT molecular complexity index is 502. The number of hydrogen-bond acceptors (Lipinski definition) is 5. The monoisotopic (exact) mass is 281 g/mol. The minimum absolute atomic E-state index is 0.285. The minimum Gasteiger partial charge on any atom is -0.477 e. The third-order valence-corrected chi connectivity index (χ3v) is 2.95. The van der Waals surface area contributed by atoms with Gasteiger partial charge in [0.05, 0.1) is 4.92 Å². The fraction of sp³-hybridized carbons (Fsp3) is 0.462. The molecule has 7 heteroatoms. The van der Waals surface area contributed by atoms with E-state index in [1.54, 1.807) is 6.07 Å². The second kappa shape index (κ2) is 6.85. The zero-order valence-corrected chi connectivity index (χ0v) is 11.9. The predicted molar refractivity (Wildman–Crippen MR) is 76.5 cm³/mol. The molecule has 0 unspecified atom stereocenters. The van der Waals surface area contributed by atoms with Gasteiger partial charge < -0.3 is 14.9 Å². The number of hydrogen-bond donors (Lipinski definition) is 1. The SMILES string of the molecule is CN(C)CCCN(C)c1ccc([N+](=O)[O-])c(C(=O)O)c1. The molecule has 0 saturated heterocycles. The maximum atomic E-state index is 11.1. The van der Waals surface area contributed by atoms with Crippen LogP contribution in [-0.2, 0) is 0 Å². The fourth-order valence-electron chi connectivity index (χ4n) is 1.85. The van der Waals surface area contributed by atoms with Crippen molar-refractivity contribution < 1.29 is 14.8 Å². The molecule has 1 N–H and O–H groups in total. The quantitative estimate of drug-likeness (QED) is 0.604. The van der Waals surface area contributed by atoms with Crippen LogP contribution in [0.4, 0.5) is 11.4 Å². The first-order chi connectivity index (χ1) is 9.32. The molecular weight excluding hydrogens is 262 g/mol. The normalized spacial score (nSPS) is 10.6. The van der Waals surface area contributed by atoms with Crippen LogP contribution in [-0.4, -0.2) is 55.1 Å². The maximum absolute atomic E-state index is 11.1. The van der Waals surface area contributed by atoms with E-state index in [0.29, 0.717) is 5.69 Å². The van der Waals surface area contributed by atoms with Crippen LogP contribution in [0.3, 0.4) is 0 Å². The highest BCUT2D eigenvalue weighted by Crippen LogP contribution is 2.24. The summed E-state index contributed by atoms with van der Waals surface area (Å²) in [5.41, 5.74) is -0.0124. The lowest BCUT2D eigenvalue weighted by Gasteiger charge is -2.20. The fourth-order valence-corrected chi connectivity index (χ4v) is 1.85. The molecule has 0 heterocycles. The maximum Gasteiger partial charge on any atom is 0.342 e. The number of benzene rings is 1. The zero-order chi connectivity index (χ0) is 15.3. The Balaban J connectivity index is 2.88. The van der Waals surface area contributed by atoms with Crippen LogP contribution in [0.2, 0.25) is 0 Å². The standard InChI is InChI=1S/C13H19N3O4/c1-14(2)7-4-8-15(3)10-5-6-12(16(19)20)11(9-10)13(17)18/h5-6,9H,4,7-8H2,1-3H3,(H,17,18). The molecule has 1 rings (SSSR count). The number of nitrogens with zero attached hydrogens (tertiary/aromatic N) is 3. The zero-order valence-electron chi connectivity index (χ0n) is 11.9. The van der Waals surface area contributed by atoms with Crippen molar-refractivity contribution in [1.29, 1.82) is 0 Å². The largest absolute Gasteiger partial charge is 0.477 e. The van der Waals surface area contributed by atoms with Gasteiger partial charge in [-0.25, -0.2) is 4.79 Å². The Kier molecular flexibility index (Phi) is 5.45. The van der Waals surface area contributed by atoms with E-state index in [4.69, 9.17) is 5.11 Å². The average molecular weight is 281 g/mol. The summed E-state index contributed by atoms with van der Waals surface area (Å²) in [7, 11) is 5.80. The van der Waals surface area contributed by atoms with Crippen molar-refractivity contribution in [2.45, 2.75) is 6.42 Å². The van der Waals surface area contributed by atoms with E-state index in [9.17, 15) is 14.9 Å². The van der Waals surface area contributed by atoms with Gasteiger partial charge in [0.2, 0.25) is 0 Å². The molecule has 110 valence electrons. The molecule has 0 aliphatic carbocycles. The van der Waals surface area contributed by atoms with Crippen LogP contribution in [0.5, 0.6) is 0 Å². The summed E-state index contributed by atoms with van der Waals surface area (Å²) in [5.74, 6) is -1.29. The molecule has 0 aliphatic heterocycles. The summed E-state index contributed by atoms with van der Waals surface area (Å²) >= 11 is 0. The van der Waals surface area contributed by atoms with Crippen molar-refractivity contribution in [3.8, 4) is 0 Å². The lowest BCUT2D eigenvalue weighted by Crippen LogP contribution is -2.23. The number of carboxylic acid groups (broad SMARTS) is 1. The van der Waals surface area contributed by atoms with E-state index in [1.165, 1.54) is 12.1 Å². The van der Waals surface area contributed by atoms with Crippen molar-refractivity contribution >= 4 is 17.3 Å². The smallest absolute Gasteiger partial charge is 0.342 e. The Labute approximate surface area is 117 Å². The van der Waals surface area contributed by atoms with E-state index < -0.39 is 10.9 Å². The summed E-state index contributed by atoms with van der Waals surface area (Å²) in [6, 6.07) is 4.15. The molecule has 0 spiro atoms. The van der Waals surface area contributed by atoms with Gasteiger partial charge in [0, 0.05) is 25.3 Å². The Morgan fingerprint density at radius 2 is 1.95 bits per heavy atom. The Morgan fingerprint density at radius 1 is 1.30 bits per heavy atom. The van der Waals surface area contributed by atoms with E-state index in [2.05, 4.69) is 4.90 Å². The first-order valence-corrected chi connectivity index (χ1v) is 6.20. The van der Waals surface area contributed by atoms with Crippen LogP contribution in [0, 0.1) is 10.1 Å². The first kappa shape index (κ1) is 15.9. The summed E-state index contributed by atoms with van der Waals surface area (Å²) < 4.78 is 0. The molecular formula is C13H19N3O4. The van der Waals surface area contributed by atoms with Crippen LogP contribution in [0.1, 0.15) is 16.8 Å². The number of carboxylic acids is 1. The molecule has 0 radical (unpaired) electrons. The molecule has 20 heavy (non-hydrogen) atoms. The van der Waals surface area contributed by atoms with Gasteiger partial charge in [-0.2, -0.15) is 0 Å². The van der Waals surface area contributed by atoms with Crippen molar-refractivity contribution in [2.24, 2.45) is 0 Å². The van der Waals surface area contributed by atoms with Crippen molar-refractivity contribution in [1.82, 2.24) is 4.90 Å². The van der Waals surface area contributed by atoms with E-state index in [1.807, 2.05) is 26.0 Å². The molecule has 0 aromatic heterocycles. The van der Waals surface area contributed by atoms with E-state index in [-0.39, 0.29) is 11.3 Å². The third kappa shape index (κ3) is 4.20. The number of anilines is 1. The van der Waals surface area contributed by atoms with Crippen LogP contribution in [0.15, 0.2) is 18.2 Å². The number of nitro benzene ring substituents is 1. The number of aromatic carboxylic acids is 1. The molecule has 0 fully saturated rings. The first-order valence-electron chi connectivity index (χ1n) is 6.20. The number of nitro groups is 1. The minimum atomic E-state index is -1.29. The van der Waals surface area contributed by atoms with E-state index in [0.717, 1.165) is 19.5 Å². The van der Waals surface area contributed by atoms with Gasteiger partial charge in [0.1, 0.15) is 5.56 Å². The van der Waals surface area contributed by atoms with Gasteiger partial charge in [-0.15, -0.1) is 0 Å². The summed E-state index contributed by atoms with van der Waals surface area (Å²) in [5, 5.41) is 19.8. The lowest BCUT2D eigenvalue weighted by molar-refractivity contribution is -0.385. The number of carbonyl (C=O) groups is 1. The van der Waals surface area contributed by atoms with Crippen LogP contribution in [0.25, 0.3) is 0 Å². The summed E-state index contributed by atoms with van der Waals surface area (Å²) in [6.07, 6.45) is 0.920. The lowest BCUT2D eigenvalue weighted by atomic mass is 10.1. The highest BCUT2D eigenvalue weighted by atomic mass is 16.6. The van der Waals surface area contributed by atoms with Gasteiger partial charge in [0.25, 0.3) is 5.69 Å². The van der Waals surface area contributed by atoms with Gasteiger partial charge >= 0.3 is 5.97 Å². The molecule has 0 bridgehead atoms. The molecule has 0 aliphatic rings. The highest BCUT2D eigenvalue weighted by molar-refractivity contribution is 5.93. The third-order valence-electron chi connectivity index (χ3n) is 2.95. The van der Waals surface area contributed by atoms with Crippen LogP contribution < -0.4 is 4.90 Å². The average Bonchev–Trinajstić information content (AvgIpc) is 2.37. The van der Waals surface area contributed by atoms with Crippen LogP contribution >= 0.6 is 0 Å². The predicted octanol–water partition coefficient (Wildman–Crippen LogP) is 1.68. The summed E-state index contributed by atoms with van der Waals surface area (Å²) in [4.78, 5) is 25.1. The molecule has 7 nitrogen and oxygen atoms in total. The van der Waals surface area contributed by atoms with Gasteiger partial charge in [-0.1, -0.05) is 0 Å². The van der Waals surface area contributed by atoms with Crippen molar-refractivity contribution in [3.63, 3.8) is 0 Å². The van der Waals surface area contributed by atoms with E-state index >= 15 is 0 Å². The molecule has 1 aromatic carbocycles. The van der Waals surface area contributed by atoms with Gasteiger partial charge in [0.15, 0.2) is 0 Å². The Morgan fingerprint density at radius 3 is 2.45 bits per heavy atom. The van der Waals surface area contributed by atoms with Crippen molar-refractivity contribution in [2.75, 3.05) is 39.1 Å². The second-order valence-electron chi connectivity index (χ2n) is 4.84. The topological polar surface area (TPSA) is 86.9 Å². The molecule has 1 aromatic rings. The second-order valence-corrected chi connectivity index (χ2v) is 4.84. The molecule has 0 amide bonds. The Hall–Kier alpha value is -2.15. The molecule has 0 atom stereocenters. The molecule has 0 saturated carbocycles.